The van der Waals surface area contributed by atoms with Crippen LogP contribution in [0.25, 0.3) is 10.9 Å². The van der Waals surface area contributed by atoms with Crippen LogP contribution >= 0.6 is 0 Å². The van der Waals surface area contributed by atoms with Crippen LogP contribution in [-0.2, 0) is 10.9 Å². The summed E-state index contributed by atoms with van der Waals surface area (Å²) in [7, 11) is 1.20. The Morgan fingerprint density at radius 1 is 1.33 bits per heavy atom. The number of para-hydroxylation sites is 1. The molecule has 0 unspecified atom stereocenters. The topological polar surface area (TPSA) is 39.2 Å². The zero-order valence-corrected chi connectivity index (χ0v) is 9.28. The highest BCUT2D eigenvalue weighted by Gasteiger charge is 2.31. The number of alkyl halides is 3. The first-order valence-electron chi connectivity index (χ1n) is 4.98. The number of carbonyl (C=O) groups is 1. The van der Waals surface area contributed by atoms with Crippen molar-refractivity contribution in [2.75, 3.05) is 7.11 Å². The molecule has 0 aliphatic rings. The summed E-state index contributed by atoms with van der Waals surface area (Å²) in [5.74, 6) is -0.632. The molecule has 0 amide bonds. The molecule has 2 aromatic rings. The van der Waals surface area contributed by atoms with E-state index in [2.05, 4.69) is 9.72 Å². The molecule has 6 heteroatoms. The Kier molecular flexibility index (Phi) is 2.94. The summed E-state index contributed by atoms with van der Waals surface area (Å²) in [4.78, 5) is 15.1. The number of hydrogen-bond acceptors (Lipinski definition) is 3. The largest absolute Gasteiger partial charge is 0.465 e. The third-order valence-electron chi connectivity index (χ3n) is 2.44. The molecule has 3 nitrogen and oxygen atoms in total. The number of benzene rings is 1. The van der Waals surface area contributed by atoms with Crippen molar-refractivity contribution in [2.45, 2.75) is 6.18 Å². The molecule has 0 aliphatic carbocycles. The number of halogens is 3. The molecule has 18 heavy (non-hydrogen) atoms. The molecule has 2 rings (SSSR count). The third-order valence-corrected chi connectivity index (χ3v) is 2.44. The van der Waals surface area contributed by atoms with Crippen LogP contribution in [0.4, 0.5) is 13.2 Å². The number of esters is 1. The number of rotatable bonds is 1. The van der Waals surface area contributed by atoms with Gasteiger partial charge in [-0.15, -0.1) is 0 Å². The van der Waals surface area contributed by atoms with Gasteiger partial charge < -0.3 is 4.74 Å². The molecule has 94 valence electrons. The molecule has 0 radical (unpaired) electrons. The summed E-state index contributed by atoms with van der Waals surface area (Å²) < 4.78 is 42.1. The fourth-order valence-corrected chi connectivity index (χ4v) is 1.59. The van der Waals surface area contributed by atoms with E-state index in [0.29, 0.717) is 6.20 Å². The molecular weight excluding hydrogens is 247 g/mol. The normalized spacial score (nSPS) is 11.6. The monoisotopic (exact) mass is 255 g/mol. The highest BCUT2D eigenvalue weighted by Crippen LogP contribution is 2.31. The maximum absolute atomic E-state index is 12.5. The van der Waals surface area contributed by atoms with Crippen LogP contribution in [0.3, 0.4) is 0 Å². The van der Waals surface area contributed by atoms with E-state index in [0.717, 1.165) is 6.07 Å². The highest BCUT2D eigenvalue weighted by molar-refractivity contribution is 6.02. The van der Waals surface area contributed by atoms with Gasteiger partial charge >= 0.3 is 12.1 Å². The summed E-state index contributed by atoms with van der Waals surface area (Å²) in [6.07, 6.45) is -3.75. The minimum absolute atomic E-state index is 0.142. The van der Waals surface area contributed by atoms with Crippen LogP contribution in [-0.4, -0.2) is 18.1 Å². The summed E-state index contributed by atoms with van der Waals surface area (Å²) in [6.45, 7) is 0. The third kappa shape index (κ3) is 2.13. The molecule has 0 aliphatic heterocycles. The fraction of sp³-hybridized carbons (Fsp3) is 0.167. The Bertz CT molecular complexity index is 608. The van der Waals surface area contributed by atoms with E-state index in [1.54, 1.807) is 0 Å². The van der Waals surface area contributed by atoms with Gasteiger partial charge in [0, 0.05) is 11.6 Å². The van der Waals surface area contributed by atoms with Crippen molar-refractivity contribution >= 4 is 16.9 Å². The quantitative estimate of drug-likeness (QED) is 0.735. The summed E-state index contributed by atoms with van der Waals surface area (Å²) >= 11 is 0. The second-order valence-electron chi connectivity index (χ2n) is 3.59. The average molecular weight is 255 g/mol. The van der Waals surface area contributed by atoms with Gasteiger partial charge in [0.1, 0.15) is 0 Å². The Morgan fingerprint density at radius 2 is 2.06 bits per heavy atom. The highest BCUT2D eigenvalue weighted by atomic mass is 19.4. The predicted molar refractivity (Wildman–Crippen MR) is 58.1 cm³/mol. The van der Waals surface area contributed by atoms with Gasteiger partial charge in [0.25, 0.3) is 0 Å². The average Bonchev–Trinajstić information content (AvgIpc) is 2.35. The van der Waals surface area contributed by atoms with Gasteiger partial charge in [-0.05, 0) is 12.1 Å². The molecule has 0 fully saturated rings. The van der Waals surface area contributed by atoms with Crippen LogP contribution in [0, 0.1) is 0 Å². The van der Waals surface area contributed by atoms with Crippen molar-refractivity contribution in [2.24, 2.45) is 0 Å². The van der Waals surface area contributed by atoms with Gasteiger partial charge in [0.15, 0.2) is 0 Å². The molecule has 1 heterocycles. The first-order valence-corrected chi connectivity index (χ1v) is 4.98. The SMILES string of the molecule is COC(=O)c1cccc2cc(C(F)(F)F)cnc12. The lowest BCUT2D eigenvalue weighted by Crippen LogP contribution is -2.07. The fourth-order valence-electron chi connectivity index (χ4n) is 1.59. The Hall–Kier alpha value is -2.11. The van der Waals surface area contributed by atoms with E-state index in [1.165, 1.54) is 25.3 Å². The van der Waals surface area contributed by atoms with Crippen molar-refractivity contribution < 1.29 is 22.7 Å². The first kappa shape index (κ1) is 12.3. The molecule has 0 N–H and O–H groups in total. The van der Waals surface area contributed by atoms with E-state index in [-0.39, 0.29) is 16.5 Å². The minimum atomic E-state index is -4.46. The van der Waals surface area contributed by atoms with Crippen molar-refractivity contribution in [1.82, 2.24) is 4.98 Å². The van der Waals surface area contributed by atoms with Crippen LogP contribution in [0.2, 0.25) is 0 Å². The van der Waals surface area contributed by atoms with Crippen molar-refractivity contribution in [3.8, 4) is 0 Å². The Labute approximate surface area is 100 Å². The van der Waals surface area contributed by atoms with Crippen LogP contribution in [0.15, 0.2) is 30.5 Å². The number of ether oxygens (including phenoxy) is 1. The number of hydrogen-bond donors (Lipinski definition) is 0. The molecule has 0 saturated heterocycles. The minimum Gasteiger partial charge on any atom is -0.465 e. The number of aromatic nitrogens is 1. The number of pyridine rings is 1. The maximum atomic E-state index is 12.5. The predicted octanol–water partition coefficient (Wildman–Crippen LogP) is 3.04. The second kappa shape index (κ2) is 4.29. The first-order chi connectivity index (χ1) is 8.43. The van der Waals surface area contributed by atoms with Gasteiger partial charge in [-0.1, -0.05) is 12.1 Å². The molecule has 0 saturated carbocycles. The zero-order valence-electron chi connectivity index (χ0n) is 9.28. The van der Waals surface area contributed by atoms with Gasteiger partial charge in [0.2, 0.25) is 0 Å². The molecule has 1 aromatic carbocycles. The number of fused-ring (bicyclic) bond motifs is 1. The summed E-state index contributed by atoms with van der Waals surface area (Å²) in [5.41, 5.74) is -0.516. The van der Waals surface area contributed by atoms with E-state index in [9.17, 15) is 18.0 Å². The van der Waals surface area contributed by atoms with Crippen molar-refractivity contribution in [3.63, 3.8) is 0 Å². The van der Waals surface area contributed by atoms with E-state index < -0.39 is 17.7 Å². The standard InChI is InChI=1S/C12H8F3NO2/c1-18-11(17)9-4-2-3-7-5-8(12(13,14)15)6-16-10(7)9/h2-6H,1H3. The van der Waals surface area contributed by atoms with Crippen LogP contribution in [0.1, 0.15) is 15.9 Å². The van der Waals surface area contributed by atoms with Crippen LogP contribution < -0.4 is 0 Å². The lowest BCUT2D eigenvalue weighted by atomic mass is 10.1. The molecular formula is C12H8F3NO2. The number of nitrogens with zero attached hydrogens (tertiary/aromatic N) is 1. The zero-order chi connectivity index (χ0) is 13.3. The Morgan fingerprint density at radius 3 is 2.67 bits per heavy atom. The van der Waals surface area contributed by atoms with E-state index in [1.807, 2.05) is 0 Å². The lowest BCUT2D eigenvalue weighted by molar-refractivity contribution is -0.137. The van der Waals surface area contributed by atoms with Crippen molar-refractivity contribution in [1.29, 1.82) is 0 Å². The van der Waals surface area contributed by atoms with Crippen molar-refractivity contribution in [3.05, 3.63) is 41.6 Å². The maximum Gasteiger partial charge on any atom is 0.417 e. The van der Waals surface area contributed by atoms with E-state index >= 15 is 0 Å². The van der Waals surface area contributed by atoms with E-state index in [4.69, 9.17) is 0 Å². The number of methoxy groups -OCH3 is 1. The van der Waals surface area contributed by atoms with Gasteiger partial charge in [-0.2, -0.15) is 13.2 Å². The summed E-state index contributed by atoms with van der Waals surface area (Å²) in [5, 5.41) is 0.243. The van der Waals surface area contributed by atoms with Gasteiger partial charge in [-0.3, -0.25) is 4.98 Å². The van der Waals surface area contributed by atoms with Crippen LogP contribution in [0.5, 0.6) is 0 Å². The van der Waals surface area contributed by atoms with Gasteiger partial charge in [0.05, 0.1) is 23.8 Å². The molecule has 0 atom stereocenters. The summed E-state index contributed by atoms with van der Waals surface area (Å²) in [6, 6.07) is 5.35. The number of carbonyl (C=O) groups excluding carboxylic acids is 1. The second-order valence-corrected chi connectivity index (χ2v) is 3.59. The molecule has 1 aromatic heterocycles. The lowest BCUT2D eigenvalue weighted by Gasteiger charge is -2.08. The molecule has 0 bridgehead atoms. The molecule has 0 spiro atoms. The smallest absolute Gasteiger partial charge is 0.417 e. The Balaban J connectivity index is 2.64. The van der Waals surface area contributed by atoms with Gasteiger partial charge in [-0.25, -0.2) is 4.79 Å².